The third-order valence-corrected chi connectivity index (χ3v) is 27.6. The maximum absolute atomic E-state index is 9.03. The van der Waals surface area contributed by atoms with Gasteiger partial charge in [-0.25, -0.2) is 0 Å². The zero-order valence-electron chi connectivity index (χ0n) is 72.3. The van der Waals surface area contributed by atoms with E-state index >= 15 is 0 Å². The Morgan fingerprint density at radius 3 is 0.869 bits per heavy atom. The normalized spacial score (nSPS) is 38.5. The van der Waals surface area contributed by atoms with Gasteiger partial charge in [-0.05, 0) is 277 Å². The van der Waals surface area contributed by atoms with Gasteiger partial charge in [0, 0.05) is 19.2 Å². The van der Waals surface area contributed by atoms with E-state index in [-0.39, 0.29) is 6.10 Å². The highest BCUT2D eigenvalue weighted by atomic mass is 16.5. The molecule has 0 aromatic carbocycles. The molecule has 7 N–H and O–H groups in total. The fraction of sp³-hybridized carbons (Fsp3) is 1.00. The number of ether oxygens (including phenoxy) is 1. The lowest BCUT2D eigenvalue weighted by molar-refractivity contribution is 0.106. The van der Waals surface area contributed by atoms with Gasteiger partial charge in [-0.2, -0.15) is 0 Å². The minimum atomic E-state index is 0.0196. The first-order valence-electron chi connectivity index (χ1n) is 45.1. The molecule has 12 saturated carbocycles. The van der Waals surface area contributed by atoms with Crippen LogP contribution >= 0.6 is 0 Å². The molecule has 0 spiro atoms. The smallest absolute Gasteiger partial charge is 0.0574 e. The lowest BCUT2D eigenvalue weighted by Crippen LogP contribution is -2.25. The third-order valence-electron chi connectivity index (χ3n) is 27.6. The van der Waals surface area contributed by atoms with Crippen LogP contribution in [0, 0.1) is 130 Å². The lowest BCUT2D eigenvalue weighted by Gasteiger charge is -2.35. The summed E-state index contributed by atoms with van der Waals surface area (Å²) in [7, 11) is 1.81. The Hall–Kier alpha value is -0.200. The number of aliphatic hydroxyl groups excluding tert-OH is 1. The Kier molecular flexibility index (Phi) is 55.7. The van der Waals surface area contributed by atoms with Gasteiger partial charge in [0.2, 0.25) is 0 Å². The monoisotopic (exact) mass is 1390 g/mol. The van der Waals surface area contributed by atoms with E-state index in [1.165, 1.54) is 270 Å². The van der Waals surface area contributed by atoms with E-state index in [2.05, 4.69) is 152 Å². The molecule has 12 rings (SSSR count). The van der Waals surface area contributed by atoms with Crippen molar-refractivity contribution in [2.45, 2.75) is 459 Å². The molecule has 0 aliphatic heterocycles. The van der Waals surface area contributed by atoms with Crippen molar-refractivity contribution in [2.75, 3.05) is 13.7 Å². The second-order valence-electron chi connectivity index (χ2n) is 40.2. The fourth-order valence-electron chi connectivity index (χ4n) is 18.4. The number of aliphatic hydroxyl groups is 1. The van der Waals surface area contributed by atoms with Crippen molar-refractivity contribution in [3.8, 4) is 0 Å². The van der Waals surface area contributed by atoms with E-state index in [0.717, 1.165) is 144 Å². The van der Waals surface area contributed by atoms with Crippen molar-refractivity contribution in [3.63, 3.8) is 0 Å². The topological polar surface area (TPSA) is 108 Å². The SMILES string of the molecule is CC(C)C1CC[C@H](C)C1.CC1CCC(C(C)(C)C)CC1.CC1CCC(C)CC1.CC1CCC(CN)CC1.CC1CCC(N)CC1.CC1CCC(O)CC1.CC1CCC[C@@H]1C.CC1CCC[C@H](C)C1.CC1CC[C@H](C)C1.CCC1CCC(C)CC1.COC1CC[C@H](C)C1.C[C@H]1CCC(N)C1. The molecule has 0 saturated heterocycles. The predicted molar refractivity (Wildman–Crippen MR) is 446 cm³/mol. The largest absolute Gasteiger partial charge is 0.393 e. The highest BCUT2D eigenvalue weighted by Gasteiger charge is 2.29. The summed E-state index contributed by atoms with van der Waals surface area (Å²) in [5.74, 6) is 20.6. The summed E-state index contributed by atoms with van der Waals surface area (Å²) in [6.45, 7) is 52.6. The van der Waals surface area contributed by atoms with Crippen molar-refractivity contribution in [2.24, 2.45) is 147 Å². The van der Waals surface area contributed by atoms with Crippen LogP contribution in [0.5, 0.6) is 0 Å². The molecular formula is C94H191N3O2. The Morgan fingerprint density at radius 2 is 0.636 bits per heavy atom. The fourth-order valence-corrected chi connectivity index (χ4v) is 18.4. The first-order chi connectivity index (χ1) is 46.7. The Labute approximate surface area is 626 Å². The van der Waals surface area contributed by atoms with Crippen LogP contribution in [0.1, 0.15) is 435 Å². The third kappa shape index (κ3) is 51.7. The number of hydrogen-bond acceptors (Lipinski definition) is 5. The van der Waals surface area contributed by atoms with Crippen molar-refractivity contribution in [1.82, 2.24) is 0 Å². The molecule has 99 heavy (non-hydrogen) atoms. The van der Waals surface area contributed by atoms with Crippen molar-refractivity contribution < 1.29 is 9.84 Å². The maximum Gasteiger partial charge on any atom is 0.0574 e. The first kappa shape index (κ1) is 96.8. The lowest BCUT2D eigenvalue weighted by atomic mass is 9.70. The summed E-state index contributed by atoms with van der Waals surface area (Å²) in [4.78, 5) is 0. The summed E-state index contributed by atoms with van der Waals surface area (Å²) in [6, 6.07) is 1.04. The van der Waals surface area contributed by atoms with Crippen molar-refractivity contribution in [1.29, 1.82) is 0 Å². The van der Waals surface area contributed by atoms with E-state index in [4.69, 9.17) is 27.0 Å². The van der Waals surface area contributed by atoms with Crippen LogP contribution in [-0.4, -0.2) is 43.1 Å². The molecule has 0 bridgehead atoms. The summed E-state index contributed by atoms with van der Waals surface area (Å²) < 4.78 is 5.18. The summed E-state index contributed by atoms with van der Waals surface area (Å²) >= 11 is 0. The van der Waals surface area contributed by atoms with Crippen LogP contribution in [0.25, 0.3) is 0 Å². The van der Waals surface area contributed by atoms with E-state index in [0.29, 0.717) is 23.6 Å². The van der Waals surface area contributed by atoms with Gasteiger partial charge < -0.3 is 27.0 Å². The van der Waals surface area contributed by atoms with Gasteiger partial charge in [-0.3, -0.25) is 0 Å². The van der Waals surface area contributed by atoms with Crippen molar-refractivity contribution in [3.05, 3.63) is 0 Å². The molecule has 5 heteroatoms. The highest BCUT2D eigenvalue weighted by molar-refractivity contribution is 4.81. The molecule has 5 nitrogen and oxygen atoms in total. The molecule has 0 amide bonds. The molecular weight excluding hydrogens is 1200 g/mol. The van der Waals surface area contributed by atoms with E-state index in [9.17, 15) is 0 Å². The quantitative estimate of drug-likeness (QED) is 0.224. The number of nitrogens with two attached hydrogens (primary N) is 3. The summed E-state index contributed by atoms with van der Waals surface area (Å²) in [5.41, 5.74) is 17.4. The first-order valence-corrected chi connectivity index (χ1v) is 45.1. The summed E-state index contributed by atoms with van der Waals surface area (Å²) in [5, 5.41) is 9.03. The predicted octanol–water partition coefficient (Wildman–Crippen LogP) is 28.5. The average Bonchev–Trinajstić information content (AvgIpc) is 1.90. The average molecular weight is 1400 g/mol. The maximum atomic E-state index is 9.03. The Bertz CT molecular complexity index is 1600. The van der Waals surface area contributed by atoms with Gasteiger partial charge in [-0.1, -0.05) is 294 Å². The van der Waals surface area contributed by atoms with Gasteiger partial charge in [0.1, 0.15) is 0 Å². The Morgan fingerprint density at radius 1 is 0.333 bits per heavy atom. The van der Waals surface area contributed by atoms with E-state index in [1.54, 1.807) is 0 Å². The van der Waals surface area contributed by atoms with Crippen LogP contribution in [0.15, 0.2) is 0 Å². The molecule has 0 aromatic rings. The molecule has 0 aromatic heterocycles. The number of rotatable bonds is 4. The second-order valence-corrected chi connectivity index (χ2v) is 40.2. The van der Waals surface area contributed by atoms with Crippen LogP contribution in [0.3, 0.4) is 0 Å². The molecule has 12 atom stereocenters. The molecule has 0 radical (unpaired) electrons. The van der Waals surface area contributed by atoms with Gasteiger partial charge in [0.15, 0.2) is 0 Å². The van der Waals surface area contributed by atoms with Crippen molar-refractivity contribution >= 4 is 0 Å². The second kappa shape index (κ2) is 57.0. The van der Waals surface area contributed by atoms with E-state index in [1.807, 2.05) is 7.11 Å². The van der Waals surface area contributed by atoms with Gasteiger partial charge in [0.25, 0.3) is 0 Å². The highest BCUT2D eigenvalue weighted by Crippen LogP contribution is 2.40. The molecule has 12 aliphatic carbocycles. The minimum absolute atomic E-state index is 0.0196. The standard InChI is InChI=1S/C11H22.2C9H18.C8H17N.2C8H16.C7H15N.2C7H14O.2C7H14.C6H13N/c1-9-5-7-10(8-6-9)11(2,3)4;1-7(2)9-5-4-8(3)6-9;1-3-9-6-4-8(2)5-7-9;1-7-2-4-8(6-9)5-3-7;1-7-3-5-8(2)6-4-7;1-7-4-3-5-8(2)6-7;1-6-2-4-7(8)5-3-6;1-6-3-4-7(5-6)8-2;1-6-2-4-7(8)5-3-6;1-6-3-4-7(2)5-6;1-6-4-3-5-7(6)2;1-5-2-3-6(7)4-5/h9-10H,5-8H2,1-4H3;7-9H,4-6H2,1-3H3;8-9H,3-7H2,1-2H3;7-8H,2-6,9H2,1H3;2*7-8H,3-6H2,1-2H3;6-7H,2-5,8H2,1H3;6-7H,3-5H2,1-2H3;6-8H,2-5H2,1H3;2*6-7H,3-5H2,1-2H3;5-6H,2-4,7H2,1H3/t;8-,9?;;;;7-,8?;;6-,7?;;2*6-,7?;5-,6?/m.0...0.0.000/s1. The van der Waals surface area contributed by atoms with E-state index < -0.39 is 0 Å². The number of methoxy groups -OCH3 is 1. The molecule has 594 valence electrons. The van der Waals surface area contributed by atoms with Gasteiger partial charge in [0.05, 0.1) is 12.2 Å². The van der Waals surface area contributed by atoms with Gasteiger partial charge in [-0.15, -0.1) is 0 Å². The molecule has 12 fully saturated rings. The van der Waals surface area contributed by atoms with Crippen LogP contribution in [0.2, 0.25) is 0 Å². The molecule has 12 aliphatic rings. The number of hydrogen-bond donors (Lipinski definition) is 4. The molecule has 0 heterocycles. The van der Waals surface area contributed by atoms with Gasteiger partial charge >= 0.3 is 0 Å². The Balaban J connectivity index is 0.000000541. The molecule has 6 unspecified atom stereocenters. The minimum Gasteiger partial charge on any atom is -0.393 e. The zero-order valence-corrected chi connectivity index (χ0v) is 72.3. The van der Waals surface area contributed by atoms with Crippen LogP contribution < -0.4 is 17.2 Å². The van der Waals surface area contributed by atoms with Crippen LogP contribution in [0.4, 0.5) is 0 Å². The summed E-state index contributed by atoms with van der Waals surface area (Å²) in [6.07, 6.45) is 61.9. The zero-order chi connectivity index (χ0) is 74.5. The van der Waals surface area contributed by atoms with Crippen LogP contribution in [-0.2, 0) is 4.74 Å².